The number of H-pyrrole nitrogens is 1. The summed E-state index contributed by atoms with van der Waals surface area (Å²) in [5.74, 6) is 2.30. The number of hydrogen-bond donors (Lipinski definition) is 2. The number of imidazole rings is 1. The first-order chi connectivity index (χ1) is 14.2. The van der Waals surface area contributed by atoms with Crippen molar-refractivity contribution in [1.29, 1.82) is 0 Å². The van der Waals surface area contributed by atoms with Crippen molar-refractivity contribution in [3.8, 4) is 11.5 Å². The van der Waals surface area contributed by atoms with Crippen LogP contribution in [0.15, 0.2) is 66.7 Å². The van der Waals surface area contributed by atoms with Crippen LogP contribution in [0.5, 0.6) is 11.5 Å². The number of nitrogens with one attached hydrogen (secondary N) is 2. The van der Waals surface area contributed by atoms with Gasteiger partial charge in [0.15, 0.2) is 11.5 Å². The van der Waals surface area contributed by atoms with E-state index in [9.17, 15) is 0 Å². The van der Waals surface area contributed by atoms with Gasteiger partial charge < -0.3 is 19.8 Å². The Balaban J connectivity index is 1.36. The third-order valence-electron chi connectivity index (χ3n) is 4.63. The van der Waals surface area contributed by atoms with E-state index in [-0.39, 0.29) is 0 Å². The Labute approximate surface area is 174 Å². The molecule has 0 unspecified atom stereocenters. The smallest absolute Gasteiger partial charge is 0.161 e. The normalized spacial score (nSPS) is 11.0. The van der Waals surface area contributed by atoms with Crippen molar-refractivity contribution < 1.29 is 9.47 Å². The van der Waals surface area contributed by atoms with Crippen LogP contribution in [-0.2, 0) is 19.7 Å². The Hall–Kier alpha value is -3.02. The average molecular weight is 408 g/mol. The van der Waals surface area contributed by atoms with E-state index in [0.29, 0.717) is 36.2 Å². The van der Waals surface area contributed by atoms with Crippen molar-refractivity contribution in [3.05, 3.63) is 88.7 Å². The van der Waals surface area contributed by atoms with Crippen LogP contribution in [0.3, 0.4) is 0 Å². The summed E-state index contributed by atoms with van der Waals surface area (Å²) >= 11 is 6.20. The highest BCUT2D eigenvalue weighted by Crippen LogP contribution is 2.29. The molecule has 1 aromatic heterocycles. The number of hydrogen-bond acceptors (Lipinski definition) is 4. The number of halogens is 1. The zero-order chi connectivity index (χ0) is 20.1. The maximum absolute atomic E-state index is 6.20. The SMILES string of the molecule is COc1cc(CNCc2nc3ccccc3[nH]2)ccc1OCc1ccccc1Cl. The number of ether oxygens (including phenoxy) is 2. The minimum Gasteiger partial charge on any atom is -0.493 e. The molecule has 0 saturated heterocycles. The van der Waals surface area contributed by atoms with Gasteiger partial charge in [-0.3, -0.25) is 0 Å². The molecule has 2 N–H and O–H groups in total. The Kier molecular flexibility index (Phi) is 5.98. The zero-order valence-corrected chi connectivity index (χ0v) is 16.9. The van der Waals surface area contributed by atoms with Crippen LogP contribution in [0.2, 0.25) is 5.02 Å². The summed E-state index contributed by atoms with van der Waals surface area (Å²) in [6.07, 6.45) is 0. The van der Waals surface area contributed by atoms with Gasteiger partial charge in [-0.05, 0) is 35.9 Å². The highest BCUT2D eigenvalue weighted by atomic mass is 35.5. The van der Waals surface area contributed by atoms with Crippen molar-refractivity contribution in [3.63, 3.8) is 0 Å². The highest BCUT2D eigenvalue weighted by Gasteiger charge is 2.08. The summed E-state index contributed by atoms with van der Waals surface area (Å²) in [6.45, 7) is 1.74. The Morgan fingerprint density at radius 3 is 2.62 bits per heavy atom. The summed E-state index contributed by atoms with van der Waals surface area (Å²) < 4.78 is 11.4. The fourth-order valence-electron chi connectivity index (χ4n) is 3.13. The molecular formula is C23H22ClN3O2. The van der Waals surface area contributed by atoms with Crippen LogP contribution in [-0.4, -0.2) is 17.1 Å². The first-order valence-electron chi connectivity index (χ1n) is 9.40. The van der Waals surface area contributed by atoms with Crippen molar-refractivity contribution in [2.24, 2.45) is 0 Å². The first kappa shape index (κ1) is 19.3. The molecule has 0 radical (unpaired) electrons. The quantitative estimate of drug-likeness (QED) is 0.427. The summed E-state index contributed by atoms with van der Waals surface area (Å²) in [4.78, 5) is 7.90. The largest absolute Gasteiger partial charge is 0.493 e. The van der Waals surface area contributed by atoms with Gasteiger partial charge in [0, 0.05) is 17.1 Å². The van der Waals surface area contributed by atoms with Gasteiger partial charge in [-0.15, -0.1) is 0 Å². The first-order valence-corrected chi connectivity index (χ1v) is 9.78. The van der Waals surface area contributed by atoms with E-state index in [1.165, 1.54) is 0 Å². The molecule has 148 valence electrons. The van der Waals surface area contributed by atoms with Crippen LogP contribution in [0.1, 0.15) is 17.0 Å². The number of para-hydroxylation sites is 2. The van der Waals surface area contributed by atoms with Crippen LogP contribution in [0.4, 0.5) is 0 Å². The Bertz CT molecular complexity index is 1080. The molecule has 0 atom stereocenters. The summed E-state index contributed by atoms with van der Waals surface area (Å²) in [6, 6.07) is 21.6. The van der Waals surface area contributed by atoms with Crippen molar-refractivity contribution in [2.45, 2.75) is 19.7 Å². The molecule has 0 spiro atoms. The van der Waals surface area contributed by atoms with Crippen molar-refractivity contribution in [2.75, 3.05) is 7.11 Å². The molecule has 4 rings (SSSR count). The second-order valence-corrected chi connectivity index (χ2v) is 7.08. The molecule has 4 aromatic rings. The van der Waals surface area contributed by atoms with Gasteiger partial charge >= 0.3 is 0 Å². The molecule has 1 heterocycles. The molecule has 0 bridgehead atoms. The van der Waals surface area contributed by atoms with Gasteiger partial charge in [-0.25, -0.2) is 4.98 Å². The number of fused-ring (bicyclic) bond motifs is 1. The van der Waals surface area contributed by atoms with E-state index in [4.69, 9.17) is 21.1 Å². The monoisotopic (exact) mass is 407 g/mol. The molecule has 29 heavy (non-hydrogen) atoms. The molecule has 5 nitrogen and oxygen atoms in total. The molecule has 0 aliphatic carbocycles. The summed E-state index contributed by atoms with van der Waals surface area (Å²) in [7, 11) is 1.64. The van der Waals surface area contributed by atoms with Crippen LogP contribution < -0.4 is 14.8 Å². The van der Waals surface area contributed by atoms with Crippen LogP contribution >= 0.6 is 11.6 Å². The third kappa shape index (κ3) is 4.70. The standard InChI is InChI=1S/C23H22ClN3O2/c1-28-22-12-16(10-11-21(22)29-15-17-6-2-3-7-18(17)24)13-25-14-23-26-19-8-4-5-9-20(19)27-23/h2-12,25H,13-15H2,1H3,(H,26,27). The third-order valence-corrected chi connectivity index (χ3v) is 5.00. The fraction of sp³-hybridized carbons (Fsp3) is 0.174. The van der Waals surface area contributed by atoms with Crippen molar-refractivity contribution >= 4 is 22.6 Å². The van der Waals surface area contributed by atoms with E-state index in [2.05, 4.69) is 15.3 Å². The molecule has 0 aliphatic rings. The fourth-order valence-corrected chi connectivity index (χ4v) is 3.32. The topological polar surface area (TPSA) is 59.2 Å². The van der Waals surface area contributed by atoms with E-state index in [0.717, 1.165) is 28.0 Å². The molecule has 0 fully saturated rings. The lowest BCUT2D eigenvalue weighted by atomic mass is 10.2. The van der Waals surface area contributed by atoms with Crippen LogP contribution in [0, 0.1) is 0 Å². The van der Waals surface area contributed by atoms with Crippen molar-refractivity contribution in [1.82, 2.24) is 15.3 Å². The number of rotatable bonds is 8. The Morgan fingerprint density at radius 1 is 0.966 bits per heavy atom. The molecule has 0 aliphatic heterocycles. The second kappa shape index (κ2) is 8.99. The van der Waals surface area contributed by atoms with E-state index in [1.54, 1.807) is 7.11 Å². The van der Waals surface area contributed by atoms with Crippen LogP contribution in [0.25, 0.3) is 11.0 Å². The number of benzene rings is 3. The minimum atomic E-state index is 0.389. The second-order valence-electron chi connectivity index (χ2n) is 6.67. The van der Waals surface area contributed by atoms with E-state index in [1.807, 2.05) is 66.7 Å². The molecule has 0 saturated carbocycles. The highest BCUT2D eigenvalue weighted by molar-refractivity contribution is 6.31. The number of methoxy groups -OCH3 is 1. The molecule has 3 aromatic carbocycles. The molecule has 6 heteroatoms. The minimum absolute atomic E-state index is 0.389. The maximum Gasteiger partial charge on any atom is 0.161 e. The van der Waals surface area contributed by atoms with E-state index >= 15 is 0 Å². The Morgan fingerprint density at radius 2 is 1.79 bits per heavy atom. The number of aromatic amines is 1. The molecular weight excluding hydrogens is 386 g/mol. The lowest BCUT2D eigenvalue weighted by Gasteiger charge is -2.13. The lowest BCUT2D eigenvalue weighted by molar-refractivity contribution is 0.284. The van der Waals surface area contributed by atoms with Gasteiger partial charge in [0.2, 0.25) is 0 Å². The molecule has 0 amide bonds. The van der Waals surface area contributed by atoms with Gasteiger partial charge in [-0.2, -0.15) is 0 Å². The maximum atomic E-state index is 6.20. The summed E-state index contributed by atoms with van der Waals surface area (Å²) in [5.41, 5.74) is 4.06. The summed E-state index contributed by atoms with van der Waals surface area (Å²) in [5, 5.41) is 4.10. The predicted molar refractivity (Wildman–Crippen MR) is 115 cm³/mol. The lowest BCUT2D eigenvalue weighted by Crippen LogP contribution is -2.13. The zero-order valence-electron chi connectivity index (χ0n) is 16.1. The van der Waals surface area contributed by atoms with Gasteiger partial charge in [0.25, 0.3) is 0 Å². The number of nitrogens with zero attached hydrogens (tertiary/aromatic N) is 1. The average Bonchev–Trinajstić information content (AvgIpc) is 3.16. The predicted octanol–water partition coefficient (Wildman–Crippen LogP) is 5.09. The number of aromatic nitrogens is 2. The van der Waals surface area contributed by atoms with Gasteiger partial charge in [0.05, 0.1) is 24.7 Å². The van der Waals surface area contributed by atoms with Gasteiger partial charge in [-0.1, -0.05) is 48.0 Å². The van der Waals surface area contributed by atoms with Gasteiger partial charge in [0.1, 0.15) is 12.4 Å². The van der Waals surface area contributed by atoms with E-state index < -0.39 is 0 Å².